The standard InChI is InChI=1S/C28H37IN4O/c1-22-25-11-3-4-12-26(25)31-27(22)23-9-7-10-24(21-23)32-17-8-18-33(20-19-32)28(34)29-13-5-2-6-15-30-16-14-29/h3-4,7,9-12,21-22,30H,2,5-6,8,13-20H2,1H3. The predicted molar refractivity (Wildman–Crippen MR) is 152 cm³/mol. The van der Waals surface area contributed by atoms with Crippen molar-refractivity contribution in [2.75, 3.05) is 53.0 Å². The molecule has 1 amide bonds. The van der Waals surface area contributed by atoms with Gasteiger partial charge < -0.3 is 0 Å². The van der Waals surface area contributed by atoms with E-state index in [2.05, 4.69) is 70.6 Å². The van der Waals surface area contributed by atoms with Gasteiger partial charge in [-0.2, -0.15) is 0 Å². The summed E-state index contributed by atoms with van der Waals surface area (Å²) in [6.07, 6.45) is 4.82. The van der Waals surface area contributed by atoms with Gasteiger partial charge in [0.15, 0.2) is 0 Å². The number of nitrogens with zero attached hydrogens (tertiary/aromatic N) is 3. The van der Waals surface area contributed by atoms with Gasteiger partial charge in [0, 0.05) is 0 Å². The van der Waals surface area contributed by atoms with Gasteiger partial charge in [-0.05, 0) is 0 Å². The Morgan fingerprint density at radius 1 is 0.941 bits per heavy atom. The normalized spacial score (nSPS) is 22.8. The number of amides is 1. The average molecular weight is 573 g/mol. The number of hydrogen-bond donors (Lipinski definition) is 1. The maximum atomic E-state index is 13.4. The molecule has 5 rings (SSSR count). The van der Waals surface area contributed by atoms with Gasteiger partial charge in [-0.3, -0.25) is 0 Å². The average Bonchev–Trinajstić information content (AvgIpc) is 3.10. The predicted octanol–water partition coefficient (Wildman–Crippen LogP) is 5.84. The molecule has 6 heteroatoms. The van der Waals surface area contributed by atoms with Crippen LogP contribution in [0.1, 0.15) is 49.7 Å². The molecule has 5 nitrogen and oxygen atoms in total. The van der Waals surface area contributed by atoms with E-state index in [1.807, 2.05) is 0 Å². The van der Waals surface area contributed by atoms with Crippen molar-refractivity contribution in [3.63, 3.8) is 0 Å². The molecule has 0 radical (unpaired) electrons. The molecule has 2 fully saturated rings. The summed E-state index contributed by atoms with van der Waals surface area (Å²) in [5.74, 6) is 0.316. The van der Waals surface area contributed by atoms with E-state index in [9.17, 15) is 4.79 Å². The summed E-state index contributed by atoms with van der Waals surface area (Å²) in [5.41, 5.74) is 6.05. The van der Waals surface area contributed by atoms with E-state index in [1.54, 1.807) is 0 Å². The number of para-hydroxylation sites is 1. The third kappa shape index (κ3) is 5.33. The number of benzene rings is 2. The molecule has 0 aromatic heterocycles. The molecule has 2 aromatic rings. The van der Waals surface area contributed by atoms with Crippen molar-refractivity contribution >= 4 is 40.8 Å². The summed E-state index contributed by atoms with van der Waals surface area (Å²) in [4.78, 5) is 23.1. The quantitative estimate of drug-likeness (QED) is 0.218. The molecule has 1 atom stereocenters. The van der Waals surface area contributed by atoms with Gasteiger partial charge in [0.1, 0.15) is 0 Å². The number of carbonyl (C=O) groups is 1. The molecule has 1 N–H and O–H groups in total. The van der Waals surface area contributed by atoms with E-state index >= 15 is 0 Å². The SMILES string of the molecule is CC1C(c2cccc(N3CCCN(C(=O)I4CCCCCNCC4)CC3)c2)=Nc2ccccc21. The zero-order valence-electron chi connectivity index (χ0n) is 20.3. The van der Waals surface area contributed by atoms with Crippen LogP contribution >= 0.6 is 19.8 Å². The molecule has 1 unspecified atom stereocenters. The van der Waals surface area contributed by atoms with Crippen LogP contribution in [0, 0.1) is 0 Å². The second kappa shape index (κ2) is 11.2. The van der Waals surface area contributed by atoms with Crippen molar-refractivity contribution < 1.29 is 4.79 Å². The Bertz CT molecular complexity index is 1030. The Morgan fingerprint density at radius 3 is 2.76 bits per heavy atom. The van der Waals surface area contributed by atoms with E-state index in [1.165, 1.54) is 40.5 Å². The number of halogens is 1. The van der Waals surface area contributed by atoms with Crippen LogP contribution in [0.2, 0.25) is 0 Å². The first-order chi connectivity index (χ1) is 16.7. The fourth-order valence-electron chi connectivity index (χ4n) is 5.27. The van der Waals surface area contributed by atoms with Gasteiger partial charge in [-0.1, -0.05) is 12.1 Å². The van der Waals surface area contributed by atoms with E-state index in [0.29, 0.717) is 9.83 Å². The van der Waals surface area contributed by atoms with Gasteiger partial charge in [0.05, 0.1) is 0 Å². The molecule has 0 saturated carbocycles. The summed E-state index contributed by atoms with van der Waals surface area (Å²) in [7, 11) is 0. The van der Waals surface area contributed by atoms with Crippen molar-refractivity contribution in [2.24, 2.45) is 4.99 Å². The first-order valence-corrected chi connectivity index (χ1v) is 17.0. The van der Waals surface area contributed by atoms with Crippen LogP contribution in [-0.2, 0) is 0 Å². The topological polar surface area (TPSA) is 47.9 Å². The van der Waals surface area contributed by atoms with Crippen molar-refractivity contribution in [1.29, 1.82) is 0 Å². The van der Waals surface area contributed by atoms with E-state index in [0.717, 1.165) is 61.5 Å². The Labute approximate surface area is 211 Å². The van der Waals surface area contributed by atoms with Crippen molar-refractivity contribution in [3.8, 4) is 0 Å². The van der Waals surface area contributed by atoms with E-state index in [4.69, 9.17) is 4.99 Å². The third-order valence-electron chi connectivity index (χ3n) is 7.25. The van der Waals surface area contributed by atoms with Crippen LogP contribution in [0.4, 0.5) is 16.2 Å². The molecular formula is C28H37IN4O. The monoisotopic (exact) mass is 572 g/mol. The Balaban J connectivity index is 1.25. The fraction of sp³-hybridized carbons (Fsp3) is 0.500. The van der Waals surface area contributed by atoms with Crippen LogP contribution in [0.5, 0.6) is 0 Å². The van der Waals surface area contributed by atoms with Crippen molar-refractivity contribution in [1.82, 2.24) is 10.2 Å². The second-order valence-corrected chi connectivity index (χ2v) is 15.2. The Kier molecular flexibility index (Phi) is 7.84. The number of aliphatic imine (C=N–C) groups is 1. The minimum absolute atomic E-state index is 0.316. The molecule has 3 aliphatic heterocycles. The number of rotatable bonds is 3. The Morgan fingerprint density at radius 2 is 1.85 bits per heavy atom. The molecule has 0 bridgehead atoms. The molecule has 0 spiro atoms. The Hall–Kier alpha value is -1.93. The number of carbonyl (C=O) groups excluding carboxylic acids is 1. The van der Waals surface area contributed by atoms with Crippen molar-refractivity contribution in [2.45, 2.75) is 38.5 Å². The maximum absolute atomic E-state index is 13.4. The summed E-state index contributed by atoms with van der Waals surface area (Å²) in [6.45, 7) is 8.10. The number of alkyl halides is 2. The van der Waals surface area contributed by atoms with Gasteiger partial charge in [-0.25, -0.2) is 0 Å². The summed E-state index contributed by atoms with van der Waals surface area (Å²) < 4.78 is 2.87. The number of hydrogen-bond acceptors (Lipinski definition) is 4. The van der Waals surface area contributed by atoms with Gasteiger partial charge >= 0.3 is 200 Å². The minimum atomic E-state index is -1.58. The summed E-state index contributed by atoms with van der Waals surface area (Å²) in [6, 6.07) is 17.3. The van der Waals surface area contributed by atoms with Crippen LogP contribution in [0.3, 0.4) is 0 Å². The fourth-order valence-corrected chi connectivity index (χ4v) is 10.7. The summed E-state index contributed by atoms with van der Waals surface area (Å²) in [5, 5.41) is 3.54. The number of nitrogens with one attached hydrogen (secondary N) is 1. The van der Waals surface area contributed by atoms with Crippen molar-refractivity contribution in [3.05, 3.63) is 59.7 Å². The van der Waals surface area contributed by atoms with Gasteiger partial charge in [0.25, 0.3) is 0 Å². The zero-order valence-corrected chi connectivity index (χ0v) is 22.5. The molecule has 3 aliphatic rings. The molecular weight excluding hydrogens is 535 g/mol. The molecule has 2 saturated heterocycles. The molecule has 34 heavy (non-hydrogen) atoms. The first-order valence-electron chi connectivity index (χ1n) is 12.8. The van der Waals surface area contributed by atoms with Crippen LogP contribution in [0.15, 0.2) is 53.5 Å². The van der Waals surface area contributed by atoms with Gasteiger partial charge in [-0.15, -0.1) is 0 Å². The van der Waals surface area contributed by atoms with Gasteiger partial charge in [0.2, 0.25) is 0 Å². The molecule has 182 valence electrons. The van der Waals surface area contributed by atoms with Crippen LogP contribution in [0.25, 0.3) is 0 Å². The zero-order chi connectivity index (χ0) is 23.3. The summed E-state index contributed by atoms with van der Waals surface area (Å²) >= 11 is -1.58. The first kappa shape index (κ1) is 23.8. The second-order valence-electron chi connectivity index (χ2n) is 9.55. The third-order valence-corrected chi connectivity index (χ3v) is 13.1. The van der Waals surface area contributed by atoms with E-state index in [-0.39, 0.29) is 0 Å². The number of anilines is 1. The molecule has 2 aromatic carbocycles. The van der Waals surface area contributed by atoms with Crippen LogP contribution < -0.4 is 10.2 Å². The molecule has 0 aliphatic carbocycles. The molecule has 3 heterocycles. The van der Waals surface area contributed by atoms with E-state index < -0.39 is 19.8 Å². The van der Waals surface area contributed by atoms with Crippen LogP contribution in [-0.4, -0.2) is 62.6 Å². The number of fused-ring (bicyclic) bond motifs is 1.